The number of nitrogens with one attached hydrogen (secondary N) is 1. The van der Waals surface area contributed by atoms with Crippen LogP contribution in [-0.4, -0.2) is 41.6 Å². The number of hydrogen-bond donors (Lipinski definition) is 2. The molecule has 0 heterocycles. The van der Waals surface area contributed by atoms with Crippen LogP contribution in [-0.2, 0) is 4.79 Å². The molecule has 2 amide bonds. The Kier molecular flexibility index (Phi) is 6.78. The maximum Gasteiger partial charge on any atom is 0.317 e. The second-order valence-corrected chi connectivity index (χ2v) is 6.66. The molecule has 0 aliphatic heterocycles. The van der Waals surface area contributed by atoms with Gasteiger partial charge in [-0.25, -0.2) is 4.79 Å². The lowest BCUT2D eigenvalue weighted by molar-refractivity contribution is -0.141. The van der Waals surface area contributed by atoms with Crippen LogP contribution >= 0.6 is 0 Å². The normalized spacial score (nSPS) is 13.1. The van der Waals surface area contributed by atoms with Crippen molar-refractivity contribution in [1.82, 2.24) is 10.2 Å². The zero-order chi connectivity index (χ0) is 19.1. The minimum Gasteiger partial charge on any atom is -0.481 e. The summed E-state index contributed by atoms with van der Waals surface area (Å²) in [7, 11) is 1.61. The van der Waals surface area contributed by atoms with Gasteiger partial charge in [-0.05, 0) is 18.1 Å². The number of carboxylic acid groups (broad SMARTS) is 1. The van der Waals surface area contributed by atoms with Crippen molar-refractivity contribution in [1.29, 1.82) is 0 Å². The van der Waals surface area contributed by atoms with E-state index in [4.69, 9.17) is 5.11 Å². The SMILES string of the molecule is CC(CN(C)C(=O)NC(C)C(c1ccccc1)c1ccccc1)C(=O)O. The molecule has 0 aliphatic rings. The summed E-state index contributed by atoms with van der Waals surface area (Å²) in [6.07, 6.45) is 0. The van der Waals surface area contributed by atoms with Crippen LogP contribution < -0.4 is 5.32 Å². The van der Waals surface area contributed by atoms with Crippen LogP contribution in [0.15, 0.2) is 60.7 Å². The second kappa shape index (κ2) is 9.04. The summed E-state index contributed by atoms with van der Waals surface area (Å²) in [5, 5.41) is 12.0. The third-order valence-electron chi connectivity index (χ3n) is 4.48. The van der Waals surface area contributed by atoms with E-state index in [2.05, 4.69) is 29.6 Å². The first-order valence-electron chi connectivity index (χ1n) is 8.74. The number of urea groups is 1. The molecular weight excluding hydrogens is 328 g/mol. The van der Waals surface area contributed by atoms with E-state index >= 15 is 0 Å². The van der Waals surface area contributed by atoms with Crippen molar-refractivity contribution in [3.05, 3.63) is 71.8 Å². The fraction of sp³-hybridized carbons (Fsp3) is 0.333. The molecule has 0 radical (unpaired) electrons. The summed E-state index contributed by atoms with van der Waals surface area (Å²) in [6.45, 7) is 3.72. The molecule has 2 atom stereocenters. The smallest absolute Gasteiger partial charge is 0.317 e. The molecular formula is C21H26N2O3. The number of aliphatic carboxylic acids is 1. The van der Waals surface area contributed by atoms with Gasteiger partial charge in [0.2, 0.25) is 0 Å². The summed E-state index contributed by atoms with van der Waals surface area (Å²) < 4.78 is 0. The van der Waals surface area contributed by atoms with Gasteiger partial charge in [0.25, 0.3) is 0 Å². The number of rotatable bonds is 7. The highest BCUT2D eigenvalue weighted by molar-refractivity contribution is 5.76. The molecule has 2 unspecified atom stereocenters. The van der Waals surface area contributed by atoms with Gasteiger partial charge in [0, 0.05) is 25.6 Å². The molecule has 2 aromatic rings. The minimum atomic E-state index is -0.913. The maximum absolute atomic E-state index is 12.5. The average molecular weight is 354 g/mol. The molecule has 5 heteroatoms. The summed E-state index contributed by atoms with van der Waals surface area (Å²) >= 11 is 0. The van der Waals surface area contributed by atoms with E-state index in [0.717, 1.165) is 11.1 Å². The predicted octanol–water partition coefficient (Wildman–Crippen LogP) is 3.57. The largest absolute Gasteiger partial charge is 0.481 e. The van der Waals surface area contributed by atoms with Gasteiger partial charge in [-0.15, -0.1) is 0 Å². The van der Waals surface area contributed by atoms with Crippen LogP contribution in [0.1, 0.15) is 30.9 Å². The standard InChI is InChI=1S/C21H26N2O3/c1-15(20(24)25)14-23(3)21(26)22-16(2)19(17-10-6-4-7-11-17)18-12-8-5-9-13-18/h4-13,15-16,19H,14H2,1-3H3,(H,22,26)(H,24,25). The Morgan fingerprint density at radius 2 is 1.42 bits per heavy atom. The van der Waals surface area contributed by atoms with E-state index < -0.39 is 11.9 Å². The number of hydrogen-bond acceptors (Lipinski definition) is 2. The molecule has 0 saturated heterocycles. The van der Waals surface area contributed by atoms with Crippen LogP contribution in [0.4, 0.5) is 4.79 Å². The second-order valence-electron chi connectivity index (χ2n) is 6.66. The topological polar surface area (TPSA) is 69.6 Å². The van der Waals surface area contributed by atoms with Gasteiger partial charge in [0.05, 0.1) is 5.92 Å². The van der Waals surface area contributed by atoms with Gasteiger partial charge in [-0.2, -0.15) is 0 Å². The molecule has 26 heavy (non-hydrogen) atoms. The number of amides is 2. The summed E-state index contributed by atoms with van der Waals surface area (Å²) in [6, 6.07) is 19.7. The van der Waals surface area contributed by atoms with E-state index in [1.165, 1.54) is 4.90 Å². The highest BCUT2D eigenvalue weighted by Crippen LogP contribution is 2.28. The third kappa shape index (κ3) is 5.09. The molecule has 5 nitrogen and oxygen atoms in total. The average Bonchev–Trinajstić information content (AvgIpc) is 2.63. The van der Waals surface area contributed by atoms with Crippen LogP contribution in [0.25, 0.3) is 0 Å². The fourth-order valence-electron chi connectivity index (χ4n) is 3.05. The molecule has 0 aromatic heterocycles. The molecule has 2 rings (SSSR count). The van der Waals surface area contributed by atoms with Gasteiger partial charge in [0.1, 0.15) is 0 Å². The molecule has 0 spiro atoms. The quantitative estimate of drug-likeness (QED) is 0.799. The molecule has 138 valence electrons. The van der Waals surface area contributed by atoms with Crippen LogP contribution in [0.3, 0.4) is 0 Å². The molecule has 0 fully saturated rings. The van der Waals surface area contributed by atoms with Gasteiger partial charge in [-0.1, -0.05) is 67.6 Å². The van der Waals surface area contributed by atoms with E-state index in [9.17, 15) is 9.59 Å². The van der Waals surface area contributed by atoms with Crippen molar-refractivity contribution in [2.24, 2.45) is 5.92 Å². The fourth-order valence-corrected chi connectivity index (χ4v) is 3.05. The minimum absolute atomic E-state index is 0.00615. The van der Waals surface area contributed by atoms with Gasteiger partial charge < -0.3 is 15.3 Å². The van der Waals surface area contributed by atoms with Crippen molar-refractivity contribution in [2.75, 3.05) is 13.6 Å². The number of carbonyl (C=O) groups is 2. The van der Waals surface area contributed by atoms with Crippen LogP contribution in [0.2, 0.25) is 0 Å². The Morgan fingerprint density at radius 3 is 1.85 bits per heavy atom. The van der Waals surface area contributed by atoms with Crippen molar-refractivity contribution in [3.63, 3.8) is 0 Å². The Bertz CT molecular complexity index is 679. The zero-order valence-electron chi connectivity index (χ0n) is 15.4. The van der Waals surface area contributed by atoms with Crippen molar-refractivity contribution in [3.8, 4) is 0 Å². The molecule has 2 aromatic carbocycles. The summed E-state index contributed by atoms with van der Waals surface area (Å²) in [5.41, 5.74) is 2.24. The molecule has 2 N–H and O–H groups in total. The number of carbonyl (C=O) groups excluding carboxylic acids is 1. The molecule has 0 bridgehead atoms. The Morgan fingerprint density at radius 1 is 0.962 bits per heavy atom. The monoisotopic (exact) mass is 354 g/mol. The van der Waals surface area contributed by atoms with Gasteiger partial charge in [-0.3, -0.25) is 4.79 Å². The lowest BCUT2D eigenvalue weighted by atomic mass is 9.86. The molecule has 0 aliphatic carbocycles. The molecule has 0 saturated carbocycles. The zero-order valence-corrected chi connectivity index (χ0v) is 15.4. The summed E-state index contributed by atoms with van der Waals surface area (Å²) in [4.78, 5) is 24.9. The van der Waals surface area contributed by atoms with E-state index in [1.54, 1.807) is 14.0 Å². The van der Waals surface area contributed by atoms with Crippen molar-refractivity contribution >= 4 is 12.0 Å². The Labute approximate surface area is 154 Å². The van der Waals surface area contributed by atoms with Crippen molar-refractivity contribution < 1.29 is 14.7 Å². The maximum atomic E-state index is 12.5. The number of carboxylic acids is 1. The van der Waals surface area contributed by atoms with Crippen LogP contribution in [0.5, 0.6) is 0 Å². The van der Waals surface area contributed by atoms with Crippen LogP contribution in [0, 0.1) is 5.92 Å². The Balaban J connectivity index is 2.16. The van der Waals surface area contributed by atoms with Gasteiger partial charge >= 0.3 is 12.0 Å². The van der Waals surface area contributed by atoms with Gasteiger partial charge in [0.15, 0.2) is 0 Å². The first-order valence-corrected chi connectivity index (χ1v) is 8.74. The van der Waals surface area contributed by atoms with E-state index in [0.29, 0.717) is 0 Å². The van der Waals surface area contributed by atoms with Crippen molar-refractivity contribution in [2.45, 2.75) is 25.8 Å². The first kappa shape index (κ1) is 19.5. The lowest BCUT2D eigenvalue weighted by Gasteiger charge is -2.29. The van der Waals surface area contributed by atoms with E-state index in [-0.39, 0.29) is 24.5 Å². The summed E-state index contributed by atoms with van der Waals surface area (Å²) in [5.74, 6) is -1.52. The number of nitrogens with zero attached hydrogens (tertiary/aromatic N) is 1. The third-order valence-corrected chi connectivity index (χ3v) is 4.48. The number of benzene rings is 2. The highest BCUT2D eigenvalue weighted by atomic mass is 16.4. The Hall–Kier alpha value is -2.82. The predicted molar refractivity (Wildman–Crippen MR) is 102 cm³/mol. The van der Waals surface area contributed by atoms with E-state index in [1.807, 2.05) is 43.3 Å². The lowest BCUT2D eigenvalue weighted by Crippen LogP contribution is -2.46. The first-order chi connectivity index (χ1) is 12.4. The highest BCUT2D eigenvalue weighted by Gasteiger charge is 2.25.